The molecule has 27 heavy (non-hydrogen) atoms. The third-order valence-electron chi connectivity index (χ3n) is 4.40. The van der Waals surface area contributed by atoms with Gasteiger partial charge < -0.3 is 20.3 Å². The molecule has 1 heterocycles. The molecule has 0 amide bonds. The number of methoxy groups -OCH3 is 1. The number of anilines is 2. The monoisotopic (exact) mass is 387 g/mol. The molecule has 0 saturated carbocycles. The fourth-order valence-electron chi connectivity index (χ4n) is 3.04. The smallest absolute Gasteiger partial charge is 0.184 e. The Bertz CT molecular complexity index is 837. The molecule has 8 heteroatoms. The summed E-state index contributed by atoms with van der Waals surface area (Å²) in [5.41, 5.74) is 10.1. The molecule has 1 fully saturated rings. The van der Waals surface area contributed by atoms with E-state index in [-0.39, 0.29) is 10.9 Å². The summed E-state index contributed by atoms with van der Waals surface area (Å²) in [4.78, 5) is 4.33. The van der Waals surface area contributed by atoms with Gasteiger partial charge in [0.2, 0.25) is 0 Å². The molecular weight excluding hydrogens is 365 g/mol. The van der Waals surface area contributed by atoms with E-state index >= 15 is 0 Å². The van der Waals surface area contributed by atoms with E-state index in [1.807, 2.05) is 24.3 Å². The first-order chi connectivity index (χ1) is 13.1. The van der Waals surface area contributed by atoms with Crippen LogP contribution in [0, 0.1) is 5.82 Å². The Labute approximate surface area is 163 Å². The number of rotatable bonds is 5. The number of thiocarbonyl (C=S) groups is 1. The summed E-state index contributed by atoms with van der Waals surface area (Å²) in [6.45, 7) is 3.11. The third kappa shape index (κ3) is 4.85. The van der Waals surface area contributed by atoms with Gasteiger partial charge in [-0.25, -0.2) is 4.39 Å². The molecule has 0 radical (unpaired) electrons. The molecular formula is C19H22FN5OS. The van der Waals surface area contributed by atoms with Gasteiger partial charge >= 0.3 is 0 Å². The van der Waals surface area contributed by atoms with Crippen molar-refractivity contribution in [2.75, 3.05) is 43.1 Å². The Morgan fingerprint density at radius 1 is 1.19 bits per heavy atom. The van der Waals surface area contributed by atoms with E-state index in [0.29, 0.717) is 11.3 Å². The van der Waals surface area contributed by atoms with E-state index in [1.165, 1.54) is 12.3 Å². The van der Waals surface area contributed by atoms with Gasteiger partial charge in [-0.3, -0.25) is 5.43 Å². The molecule has 1 saturated heterocycles. The Kier molecular flexibility index (Phi) is 6.08. The summed E-state index contributed by atoms with van der Waals surface area (Å²) >= 11 is 4.66. The van der Waals surface area contributed by atoms with Crippen LogP contribution in [0.4, 0.5) is 15.8 Å². The highest BCUT2D eigenvalue weighted by molar-refractivity contribution is 7.80. The predicted octanol–water partition coefficient (Wildman–Crippen LogP) is 2.33. The van der Waals surface area contributed by atoms with E-state index in [0.717, 1.165) is 37.6 Å². The quantitative estimate of drug-likeness (QED) is 0.466. The maximum atomic E-state index is 14.5. The lowest BCUT2D eigenvalue weighted by molar-refractivity contribution is 0.414. The zero-order valence-corrected chi connectivity index (χ0v) is 15.9. The fourth-order valence-corrected chi connectivity index (χ4v) is 3.10. The maximum Gasteiger partial charge on any atom is 0.184 e. The van der Waals surface area contributed by atoms with Gasteiger partial charge in [0.1, 0.15) is 11.6 Å². The number of hydrazone groups is 1. The van der Waals surface area contributed by atoms with Gasteiger partial charge in [-0.05, 0) is 42.0 Å². The molecule has 0 bridgehead atoms. The second-order valence-corrected chi connectivity index (χ2v) is 6.56. The number of hydrogen-bond acceptors (Lipinski definition) is 5. The zero-order chi connectivity index (χ0) is 19.2. The van der Waals surface area contributed by atoms with E-state index in [2.05, 4.69) is 38.6 Å². The number of nitrogens with one attached hydrogen (secondary N) is 1. The van der Waals surface area contributed by atoms with E-state index in [4.69, 9.17) is 10.5 Å². The molecule has 1 aliphatic heterocycles. The lowest BCUT2D eigenvalue weighted by Crippen LogP contribution is -2.46. The van der Waals surface area contributed by atoms with E-state index in [9.17, 15) is 4.39 Å². The molecule has 3 N–H and O–H groups in total. The number of nitrogens with two attached hydrogens (primary N) is 1. The zero-order valence-electron chi connectivity index (χ0n) is 15.1. The van der Waals surface area contributed by atoms with Crippen molar-refractivity contribution < 1.29 is 9.13 Å². The largest absolute Gasteiger partial charge is 0.497 e. The molecule has 0 aromatic heterocycles. The van der Waals surface area contributed by atoms with Crippen LogP contribution in [-0.2, 0) is 0 Å². The average molecular weight is 387 g/mol. The first-order valence-electron chi connectivity index (χ1n) is 8.59. The van der Waals surface area contributed by atoms with Crippen LogP contribution >= 0.6 is 12.2 Å². The van der Waals surface area contributed by atoms with Crippen molar-refractivity contribution in [3.63, 3.8) is 0 Å². The maximum absolute atomic E-state index is 14.5. The predicted molar refractivity (Wildman–Crippen MR) is 111 cm³/mol. The molecule has 6 nitrogen and oxygen atoms in total. The molecule has 1 aliphatic rings. The summed E-state index contributed by atoms with van der Waals surface area (Å²) in [6.07, 6.45) is 1.48. The van der Waals surface area contributed by atoms with Gasteiger partial charge in [0, 0.05) is 37.9 Å². The summed E-state index contributed by atoms with van der Waals surface area (Å²) < 4.78 is 19.8. The number of hydrogen-bond donors (Lipinski definition) is 2. The standard InChI is InChI=1S/C19H22FN5OS/c1-26-16-4-2-3-15(12-16)24-7-9-25(10-8-24)18-6-5-14(11-17(18)20)13-22-23-19(21)27/h2-6,11-13H,7-10H2,1H3,(H3,21,23,27)/b22-13+. The summed E-state index contributed by atoms with van der Waals surface area (Å²) in [5, 5.41) is 3.91. The second-order valence-electron chi connectivity index (χ2n) is 6.12. The van der Waals surface area contributed by atoms with Crippen LogP contribution in [0.3, 0.4) is 0 Å². The van der Waals surface area contributed by atoms with Crippen LogP contribution in [0.1, 0.15) is 5.56 Å². The minimum Gasteiger partial charge on any atom is -0.497 e. The SMILES string of the molecule is COc1cccc(N2CCN(c3ccc(/C=N/NC(N)=S)cc3F)CC2)c1. The minimum absolute atomic E-state index is 0.0669. The summed E-state index contributed by atoms with van der Waals surface area (Å²) in [5.74, 6) is 0.562. The lowest BCUT2D eigenvalue weighted by Gasteiger charge is -2.37. The van der Waals surface area contributed by atoms with Crippen LogP contribution in [0.2, 0.25) is 0 Å². The van der Waals surface area contributed by atoms with Gasteiger partial charge in [-0.1, -0.05) is 12.1 Å². The average Bonchev–Trinajstić information content (AvgIpc) is 2.68. The number of piperazine rings is 1. The van der Waals surface area contributed by atoms with Crippen LogP contribution in [0.15, 0.2) is 47.6 Å². The topological polar surface area (TPSA) is 66.1 Å². The summed E-state index contributed by atoms with van der Waals surface area (Å²) in [7, 11) is 1.66. The van der Waals surface area contributed by atoms with Gasteiger partial charge in [-0.2, -0.15) is 5.10 Å². The first-order valence-corrected chi connectivity index (χ1v) is 8.99. The van der Waals surface area contributed by atoms with Crippen molar-refractivity contribution in [3.8, 4) is 5.75 Å². The normalized spacial score (nSPS) is 14.4. The van der Waals surface area contributed by atoms with Crippen molar-refractivity contribution >= 4 is 34.9 Å². The van der Waals surface area contributed by atoms with Crippen LogP contribution < -0.4 is 25.7 Å². The van der Waals surface area contributed by atoms with Gasteiger partial charge in [-0.15, -0.1) is 0 Å². The molecule has 0 aliphatic carbocycles. The molecule has 0 atom stereocenters. The second kappa shape index (κ2) is 8.68. The number of benzene rings is 2. The molecule has 2 aromatic carbocycles. The van der Waals surface area contributed by atoms with E-state index in [1.54, 1.807) is 13.2 Å². The van der Waals surface area contributed by atoms with Gasteiger partial charge in [0.25, 0.3) is 0 Å². The van der Waals surface area contributed by atoms with Crippen LogP contribution in [0.25, 0.3) is 0 Å². The number of nitrogens with zero attached hydrogens (tertiary/aromatic N) is 3. The van der Waals surface area contributed by atoms with Crippen molar-refractivity contribution in [1.29, 1.82) is 0 Å². The Morgan fingerprint density at radius 3 is 2.59 bits per heavy atom. The highest BCUT2D eigenvalue weighted by Crippen LogP contribution is 2.25. The van der Waals surface area contributed by atoms with Gasteiger partial charge in [0.05, 0.1) is 19.0 Å². The highest BCUT2D eigenvalue weighted by atomic mass is 32.1. The highest BCUT2D eigenvalue weighted by Gasteiger charge is 2.20. The molecule has 3 rings (SSSR count). The Balaban J connectivity index is 1.63. The van der Waals surface area contributed by atoms with E-state index < -0.39 is 0 Å². The molecule has 142 valence electrons. The van der Waals surface area contributed by atoms with Gasteiger partial charge in [0.15, 0.2) is 5.11 Å². The minimum atomic E-state index is -0.274. The van der Waals surface area contributed by atoms with Crippen molar-refractivity contribution in [3.05, 3.63) is 53.8 Å². The van der Waals surface area contributed by atoms with Crippen LogP contribution in [-0.4, -0.2) is 44.6 Å². The van der Waals surface area contributed by atoms with Crippen molar-refractivity contribution in [1.82, 2.24) is 5.43 Å². The fraction of sp³-hybridized carbons (Fsp3) is 0.263. The molecule has 0 spiro atoms. The van der Waals surface area contributed by atoms with Crippen molar-refractivity contribution in [2.45, 2.75) is 0 Å². The van der Waals surface area contributed by atoms with Crippen LogP contribution in [0.5, 0.6) is 5.75 Å². The number of halogens is 1. The molecule has 2 aromatic rings. The molecule has 0 unspecified atom stereocenters. The Hall–Kier alpha value is -2.87. The van der Waals surface area contributed by atoms with Crippen molar-refractivity contribution in [2.24, 2.45) is 10.8 Å². The Morgan fingerprint density at radius 2 is 1.93 bits per heavy atom. The summed E-state index contributed by atoms with van der Waals surface area (Å²) in [6, 6.07) is 13.0. The lowest BCUT2D eigenvalue weighted by atomic mass is 10.1. The first kappa shape index (κ1) is 18.9. The number of ether oxygens (including phenoxy) is 1. The third-order valence-corrected chi connectivity index (χ3v) is 4.49.